The van der Waals surface area contributed by atoms with Gasteiger partial charge in [-0.3, -0.25) is 5.41 Å². The maximum atomic E-state index is 7.28. The van der Waals surface area contributed by atoms with Crippen molar-refractivity contribution in [1.82, 2.24) is 0 Å². The molecule has 0 atom stereocenters. The smallest absolute Gasteiger partial charge is 0.179 e. The first-order valence-electron chi connectivity index (χ1n) is 4.43. The van der Waals surface area contributed by atoms with E-state index in [-0.39, 0.29) is 5.84 Å². The molecule has 1 aromatic rings. The molecule has 0 radical (unpaired) electrons. The minimum atomic E-state index is 0.123. The summed E-state index contributed by atoms with van der Waals surface area (Å²) in [7, 11) is 0. The Balaban J connectivity index is 2.85. The van der Waals surface area contributed by atoms with Crippen molar-refractivity contribution in [2.45, 2.75) is 20.4 Å². The standard InChI is InChI=1S/C10H16N3/c1-8(2)6-13-5-3-4-9(7-13)10(11)12/h3-5,7-8H,6H2,1-2H3,(H3,11,12)/q+1. The van der Waals surface area contributed by atoms with Gasteiger partial charge in [-0.1, -0.05) is 13.8 Å². The number of nitrogens with one attached hydrogen (secondary N) is 1. The Labute approximate surface area is 78.7 Å². The van der Waals surface area contributed by atoms with Gasteiger partial charge in [0.1, 0.15) is 5.84 Å². The third-order valence-corrected chi connectivity index (χ3v) is 1.75. The van der Waals surface area contributed by atoms with E-state index in [4.69, 9.17) is 11.1 Å². The molecule has 0 aromatic carbocycles. The van der Waals surface area contributed by atoms with Crippen LogP contribution >= 0.6 is 0 Å². The molecule has 1 rings (SSSR count). The zero-order chi connectivity index (χ0) is 9.84. The van der Waals surface area contributed by atoms with Crippen LogP contribution in [0.15, 0.2) is 24.5 Å². The summed E-state index contributed by atoms with van der Waals surface area (Å²) in [6.45, 7) is 5.28. The Hall–Kier alpha value is -1.38. The fraction of sp³-hybridized carbons (Fsp3) is 0.400. The summed E-state index contributed by atoms with van der Waals surface area (Å²) >= 11 is 0. The molecular weight excluding hydrogens is 162 g/mol. The third kappa shape index (κ3) is 2.86. The summed E-state index contributed by atoms with van der Waals surface area (Å²) in [4.78, 5) is 0. The van der Waals surface area contributed by atoms with Crippen LogP contribution in [0.4, 0.5) is 0 Å². The van der Waals surface area contributed by atoms with E-state index >= 15 is 0 Å². The van der Waals surface area contributed by atoms with Gasteiger partial charge in [-0.15, -0.1) is 0 Å². The quantitative estimate of drug-likeness (QED) is 0.403. The lowest BCUT2D eigenvalue weighted by Crippen LogP contribution is -2.36. The second-order valence-corrected chi connectivity index (χ2v) is 3.60. The lowest BCUT2D eigenvalue weighted by Gasteiger charge is -2.01. The molecule has 0 fully saturated rings. The van der Waals surface area contributed by atoms with Crippen molar-refractivity contribution in [3.05, 3.63) is 30.1 Å². The average Bonchev–Trinajstić information content (AvgIpc) is 2.03. The van der Waals surface area contributed by atoms with Gasteiger partial charge in [0.05, 0.1) is 5.56 Å². The number of nitrogen functional groups attached to an aromatic ring is 1. The van der Waals surface area contributed by atoms with E-state index in [1.807, 2.05) is 24.5 Å². The van der Waals surface area contributed by atoms with Crippen molar-refractivity contribution < 1.29 is 4.57 Å². The second kappa shape index (κ2) is 4.03. The molecule has 0 aliphatic carbocycles. The Bertz CT molecular complexity index is 305. The lowest BCUT2D eigenvalue weighted by molar-refractivity contribution is -0.702. The van der Waals surface area contributed by atoms with Crippen molar-refractivity contribution in [1.29, 1.82) is 5.41 Å². The van der Waals surface area contributed by atoms with Crippen LogP contribution < -0.4 is 10.3 Å². The molecule has 0 saturated heterocycles. The van der Waals surface area contributed by atoms with Crippen molar-refractivity contribution in [3.63, 3.8) is 0 Å². The third-order valence-electron chi connectivity index (χ3n) is 1.75. The summed E-state index contributed by atoms with van der Waals surface area (Å²) in [5, 5.41) is 7.28. The molecule has 3 nitrogen and oxygen atoms in total. The molecule has 1 heterocycles. The molecule has 0 bridgehead atoms. The van der Waals surface area contributed by atoms with Crippen LogP contribution in [0.25, 0.3) is 0 Å². The largest absolute Gasteiger partial charge is 0.383 e. The number of rotatable bonds is 3. The zero-order valence-corrected chi connectivity index (χ0v) is 8.12. The average molecular weight is 178 g/mol. The summed E-state index contributed by atoms with van der Waals surface area (Å²) in [5.74, 6) is 0.727. The van der Waals surface area contributed by atoms with Crippen LogP contribution in [0.1, 0.15) is 19.4 Å². The molecule has 0 spiro atoms. The van der Waals surface area contributed by atoms with Gasteiger partial charge in [0.15, 0.2) is 18.9 Å². The van der Waals surface area contributed by atoms with Gasteiger partial charge in [0.25, 0.3) is 0 Å². The number of hydrogen-bond acceptors (Lipinski definition) is 1. The SMILES string of the molecule is CC(C)C[n+]1cccc(C(=N)N)c1. The molecular formula is C10H16N3+. The van der Waals surface area contributed by atoms with E-state index in [0.29, 0.717) is 5.92 Å². The summed E-state index contributed by atoms with van der Waals surface area (Å²) in [6, 6.07) is 3.76. The lowest BCUT2D eigenvalue weighted by atomic mass is 10.2. The van der Waals surface area contributed by atoms with Crippen LogP contribution in [0, 0.1) is 11.3 Å². The molecule has 0 aliphatic heterocycles. The number of nitrogens with zero attached hydrogens (tertiary/aromatic N) is 1. The normalized spacial score (nSPS) is 10.4. The highest BCUT2D eigenvalue weighted by Gasteiger charge is 2.06. The monoisotopic (exact) mass is 178 g/mol. The van der Waals surface area contributed by atoms with Gasteiger partial charge in [-0.05, 0) is 6.07 Å². The second-order valence-electron chi connectivity index (χ2n) is 3.60. The summed E-state index contributed by atoms with van der Waals surface area (Å²) < 4.78 is 2.06. The van der Waals surface area contributed by atoms with Gasteiger partial charge < -0.3 is 5.73 Å². The molecule has 3 N–H and O–H groups in total. The van der Waals surface area contributed by atoms with Crippen molar-refractivity contribution in [2.24, 2.45) is 11.7 Å². The van der Waals surface area contributed by atoms with Crippen LogP contribution in [-0.2, 0) is 6.54 Å². The van der Waals surface area contributed by atoms with Gasteiger partial charge in [-0.25, -0.2) is 4.57 Å². The van der Waals surface area contributed by atoms with Crippen LogP contribution in [0.2, 0.25) is 0 Å². The van der Waals surface area contributed by atoms with Gasteiger partial charge in [0.2, 0.25) is 0 Å². The fourth-order valence-electron chi connectivity index (χ4n) is 1.22. The highest BCUT2D eigenvalue weighted by molar-refractivity contribution is 5.94. The van der Waals surface area contributed by atoms with E-state index in [1.165, 1.54) is 0 Å². The molecule has 0 amide bonds. The summed E-state index contributed by atoms with van der Waals surface area (Å²) in [5.41, 5.74) is 6.16. The molecule has 3 heteroatoms. The van der Waals surface area contributed by atoms with E-state index in [2.05, 4.69) is 18.4 Å². The number of hydrogen-bond donors (Lipinski definition) is 2. The van der Waals surface area contributed by atoms with Gasteiger partial charge in [-0.2, -0.15) is 0 Å². The molecule has 0 aliphatic rings. The predicted molar refractivity (Wildman–Crippen MR) is 52.5 cm³/mol. The van der Waals surface area contributed by atoms with Crippen molar-refractivity contribution >= 4 is 5.84 Å². The van der Waals surface area contributed by atoms with Crippen LogP contribution in [-0.4, -0.2) is 5.84 Å². The Morgan fingerprint density at radius 1 is 1.62 bits per heavy atom. The maximum Gasteiger partial charge on any atom is 0.179 e. The van der Waals surface area contributed by atoms with E-state index in [1.54, 1.807) is 0 Å². The highest BCUT2D eigenvalue weighted by atomic mass is 14.9. The first-order valence-corrected chi connectivity index (χ1v) is 4.43. The predicted octanol–water partition coefficient (Wildman–Crippen LogP) is 0.914. The maximum absolute atomic E-state index is 7.28. The van der Waals surface area contributed by atoms with E-state index < -0.39 is 0 Å². The fourth-order valence-corrected chi connectivity index (χ4v) is 1.22. The number of aromatic nitrogens is 1. The van der Waals surface area contributed by atoms with Crippen LogP contribution in [0.5, 0.6) is 0 Å². The molecule has 13 heavy (non-hydrogen) atoms. The molecule has 70 valence electrons. The summed E-state index contributed by atoms with van der Waals surface area (Å²) in [6.07, 6.45) is 3.90. The minimum Gasteiger partial charge on any atom is -0.383 e. The van der Waals surface area contributed by atoms with Gasteiger partial charge >= 0.3 is 0 Å². The Kier molecular flexibility index (Phi) is 3.01. The zero-order valence-electron chi connectivity index (χ0n) is 8.12. The highest BCUT2D eigenvalue weighted by Crippen LogP contribution is 1.95. The van der Waals surface area contributed by atoms with Gasteiger partial charge in [0, 0.05) is 12.0 Å². The number of pyridine rings is 1. The minimum absolute atomic E-state index is 0.123. The first kappa shape index (κ1) is 9.71. The topological polar surface area (TPSA) is 53.8 Å². The van der Waals surface area contributed by atoms with E-state index in [9.17, 15) is 0 Å². The van der Waals surface area contributed by atoms with Crippen molar-refractivity contribution in [3.8, 4) is 0 Å². The van der Waals surface area contributed by atoms with Crippen molar-refractivity contribution in [2.75, 3.05) is 0 Å². The Morgan fingerprint density at radius 3 is 2.85 bits per heavy atom. The number of nitrogens with two attached hydrogens (primary N) is 1. The number of amidine groups is 1. The van der Waals surface area contributed by atoms with E-state index in [0.717, 1.165) is 12.1 Å². The Morgan fingerprint density at radius 2 is 2.31 bits per heavy atom. The first-order chi connectivity index (χ1) is 6.09. The van der Waals surface area contributed by atoms with Crippen LogP contribution in [0.3, 0.4) is 0 Å². The molecule has 1 aromatic heterocycles. The molecule has 0 unspecified atom stereocenters. The molecule has 0 saturated carbocycles.